The van der Waals surface area contributed by atoms with Crippen LogP contribution in [0.3, 0.4) is 0 Å². The molecule has 0 aliphatic rings. The van der Waals surface area contributed by atoms with Gasteiger partial charge in [-0.1, -0.05) is 17.7 Å². The number of thioether (sulfide) groups is 1. The third kappa shape index (κ3) is 6.09. The summed E-state index contributed by atoms with van der Waals surface area (Å²) in [6.45, 7) is 1.94. The average Bonchev–Trinajstić information content (AvgIpc) is 2.19. The summed E-state index contributed by atoms with van der Waals surface area (Å²) in [5, 5.41) is 0.658. The molecule has 1 rings (SSSR count). The van der Waals surface area contributed by atoms with Crippen molar-refractivity contribution in [1.82, 2.24) is 0 Å². The Hall–Kier alpha value is -0.230. The van der Waals surface area contributed by atoms with Gasteiger partial charge in [-0.2, -0.15) is 0 Å². The van der Waals surface area contributed by atoms with Gasteiger partial charge in [0.05, 0.1) is 5.75 Å². The zero-order chi connectivity index (χ0) is 13.8. The molecule has 0 bridgehead atoms. The molecule has 0 heterocycles. The third-order valence-corrected chi connectivity index (χ3v) is 4.82. The highest BCUT2D eigenvalue weighted by Crippen LogP contribution is 2.27. The van der Waals surface area contributed by atoms with E-state index in [1.165, 1.54) is 18.0 Å². The minimum Gasteiger partial charge on any atom is -0.328 e. The quantitative estimate of drug-likeness (QED) is 0.820. The normalized spacial score (nSPS) is 13.6. The molecule has 102 valence electrons. The fourth-order valence-corrected chi connectivity index (χ4v) is 4.03. The molecule has 18 heavy (non-hydrogen) atoms. The first-order valence-corrected chi connectivity index (χ1v) is 9.05. The second kappa shape index (κ2) is 6.80. The summed E-state index contributed by atoms with van der Waals surface area (Å²) >= 11 is 7.47. The van der Waals surface area contributed by atoms with E-state index < -0.39 is 9.84 Å². The lowest BCUT2D eigenvalue weighted by Crippen LogP contribution is -2.18. The van der Waals surface area contributed by atoms with Crippen LogP contribution in [0.5, 0.6) is 0 Å². The minimum atomic E-state index is -2.92. The van der Waals surface area contributed by atoms with Gasteiger partial charge in [0.25, 0.3) is 0 Å². The predicted octanol–water partition coefficient (Wildman–Crippen LogP) is 2.37. The van der Waals surface area contributed by atoms with Gasteiger partial charge in [0, 0.05) is 28.0 Å². The van der Waals surface area contributed by atoms with E-state index in [1.807, 2.05) is 25.1 Å². The summed E-state index contributed by atoms with van der Waals surface area (Å²) in [5.74, 6) is 0.701. The van der Waals surface area contributed by atoms with Crippen molar-refractivity contribution in [3.63, 3.8) is 0 Å². The van der Waals surface area contributed by atoms with Crippen molar-refractivity contribution < 1.29 is 8.42 Å². The standard InChI is InChI=1S/C12H18ClNO2S2/c1-9(14)7-10-3-4-11(13)8-12(10)17-5-6-18(2,15)16/h3-4,8-9H,5-7,14H2,1-2H3. The Morgan fingerprint density at radius 1 is 1.44 bits per heavy atom. The number of hydrogen-bond acceptors (Lipinski definition) is 4. The Morgan fingerprint density at radius 2 is 2.11 bits per heavy atom. The maximum Gasteiger partial charge on any atom is 0.148 e. The highest BCUT2D eigenvalue weighted by molar-refractivity contribution is 8.00. The fourth-order valence-electron chi connectivity index (χ4n) is 1.48. The molecular formula is C12H18ClNO2S2. The molecule has 0 aliphatic heterocycles. The second-order valence-electron chi connectivity index (χ2n) is 4.41. The second-order valence-corrected chi connectivity index (χ2v) is 8.24. The third-order valence-electron chi connectivity index (χ3n) is 2.28. The summed E-state index contributed by atoms with van der Waals surface area (Å²) in [6, 6.07) is 5.72. The SMILES string of the molecule is CC(N)Cc1ccc(Cl)cc1SCCS(C)(=O)=O. The zero-order valence-corrected chi connectivity index (χ0v) is 12.9. The molecule has 0 aromatic heterocycles. The van der Waals surface area contributed by atoms with Gasteiger partial charge in [-0.25, -0.2) is 8.42 Å². The van der Waals surface area contributed by atoms with Crippen LogP contribution in [0.1, 0.15) is 12.5 Å². The van der Waals surface area contributed by atoms with Crippen molar-refractivity contribution >= 4 is 33.2 Å². The first-order chi connectivity index (χ1) is 8.28. The molecule has 2 N–H and O–H groups in total. The zero-order valence-electron chi connectivity index (χ0n) is 10.5. The molecule has 0 saturated carbocycles. The first kappa shape index (κ1) is 15.8. The average molecular weight is 308 g/mol. The molecule has 0 spiro atoms. The largest absolute Gasteiger partial charge is 0.328 e. The summed E-state index contributed by atoms with van der Waals surface area (Å²) in [4.78, 5) is 1.02. The molecule has 1 aromatic rings. The van der Waals surface area contributed by atoms with E-state index >= 15 is 0 Å². The number of halogens is 1. The van der Waals surface area contributed by atoms with E-state index in [-0.39, 0.29) is 11.8 Å². The Bertz CT molecular complexity index is 501. The van der Waals surface area contributed by atoms with Crippen LogP contribution in [0.15, 0.2) is 23.1 Å². The van der Waals surface area contributed by atoms with Gasteiger partial charge >= 0.3 is 0 Å². The summed E-state index contributed by atoms with van der Waals surface area (Å²) < 4.78 is 22.2. The van der Waals surface area contributed by atoms with E-state index in [0.717, 1.165) is 16.9 Å². The summed E-state index contributed by atoms with van der Waals surface area (Å²) in [7, 11) is -2.92. The van der Waals surface area contributed by atoms with Gasteiger partial charge in [-0.05, 0) is 31.0 Å². The summed E-state index contributed by atoms with van der Waals surface area (Å²) in [6.07, 6.45) is 2.01. The van der Waals surface area contributed by atoms with Crippen molar-refractivity contribution in [1.29, 1.82) is 0 Å². The molecule has 1 atom stereocenters. The minimum absolute atomic E-state index is 0.0698. The predicted molar refractivity (Wildman–Crippen MR) is 79.2 cm³/mol. The van der Waals surface area contributed by atoms with Crippen molar-refractivity contribution in [2.45, 2.75) is 24.3 Å². The fraction of sp³-hybridized carbons (Fsp3) is 0.500. The topological polar surface area (TPSA) is 60.2 Å². The van der Waals surface area contributed by atoms with E-state index in [2.05, 4.69) is 0 Å². The van der Waals surface area contributed by atoms with Gasteiger partial charge in [-0.15, -0.1) is 11.8 Å². The van der Waals surface area contributed by atoms with Crippen LogP contribution in [-0.2, 0) is 16.3 Å². The number of sulfone groups is 1. The number of hydrogen-bond donors (Lipinski definition) is 1. The Kier molecular flexibility index (Phi) is 5.98. The maximum absolute atomic E-state index is 11.1. The van der Waals surface area contributed by atoms with Crippen molar-refractivity contribution in [3.8, 4) is 0 Å². The summed E-state index contributed by atoms with van der Waals surface area (Å²) in [5.41, 5.74) is 6.91. The Labute approximate surface area is 118 Å². The van der Waals surface area contributed by atoms with E-state index in [9.17, 15) is 8.42 Å². The number of benzene rings is 1. The van der Waals surface area contributed by atoms with Crippen LogP contribution in [-0.4, -0.2) is 32.2 Å². The van der Waals surface area contributed by atoms with E-state index in [0.29, 0.717) is 10.8 Å². The number of nitrogens with two attached hydrogens (primary N) is 1. The lowest BCUT2D eigenvalue weighted by atomic mass is 10.1. The van der Waals surface area contributed by atoms with Crippen molar-refractivity contribution in [2.75, 3.05) is 17.8 Å². The Balaban J connectivity index is 2.76. The van der Waals surface area contributed by atoms with Crippen LogP contribution in [0.2, 0.25) is 5.02 Å². The van der Waals surface area contributed by atoms with Gasteiger partial charge in [0.1, 0.15) is 9.84 Å². The van der Waals surface area contributed by atoms with Crippen LogP contribution in [0.4, 0.5) is 0 Å². The molecule has 3 nitrogen and oxygen atoms in total. The van der Waals surface area contributed by atoms with E-state index in [4.69, 9.17) is 17.3 Å². The maximum atomic E-state index is 11.1. The molecular weight excluding hydrogens is 290 g/mol. The molecule has 0 saturated heterocycles. The van der Waals surface area contributed by atoms with Crippen LogP contribution in [0, 0.1) is 0 Å². The van der Waals surface area contributed by atoms with Gasteiger partial charge in [0.15, 0.2) is 0 Å². The van der Waals surface area contributed by atoms with Gasteiger partial charge in [0.2, 0.25) is 0 Å². The molecule has 1 unspecified atom stereocenters. The molecule has 0 aliphatic carbocycles. The first-order valence-electron chi connectivity index (χ1n) is 5.62. The lowest BCUT2D eigenvalue weighted by Gasteiger charge is -2.11. The van der Waals surface area contributed by atoms with Crippen molar-refractivity contribution in [2.24, 2.45) is 5.73 Å². The molecule has 0 radical (unpaired) electrons. The molecule has 1 aromatic carbocycles. The molecule has 0 fully saturated rings. The van der Waals surface area contributed by atoms with Gasteiger partial charge < -0.3 is 5.73 Å². The molecule has 0 amide bonds. The Morgan fingerprint density at radius 3 is 2.67 bits per heavy atom. The molecule has 6 heteroatoms. The highest BCUT2D eigenvalue weighted by Gasteiger charge is 2.08. The highest BCUT2D eigenvalue weighted by atomic mass is 35.5. The van der Waals surface area contributed by atoms with Crippen LogP contribution >= 0.6 is 23.4 Å². The lowest BCUT2D eigenvalue weighted by molar-refractivity contribution is 0.603. The number of rotatable bonds is 6. The van der Waals surface area contributed by atoms with Crippen LogP contribution < -0.4 is 5.73 Å². The van der Waals surface area contributed by atoms with Crippen molar-refractivity contribution in [3.05, 3.63) is 28.8 Å². The van der Waals surface area contributed by atoms with Gasteiger partial charge in [-0.3, -0.25) is 0 Å². The smallest absolute Gasteiger partial charge is 0.148 e. The van der Waals surface area contributed by atoms with Crippen LogP contribution in [0.25, 0.3) is 0 Å². The van der Waals surface area contributed by atoms with E-state index in [1.54, 1.807) is 0 Å². The monoisotopic (exact) mass is 307 g/mol.